The fraction of sp³-hybridized carbons (Fsp3) is 0.800. The van der Waals surface area contributed by atoms with Gasteiger partial charge in [-0.05, 0) is 0 Å². The van der Waals surface area contributed by atoms with Crippen LogP contribution in [0.2, 0.25) is 0 Å². The van der Waals surface area contributed by atoms with Crippen LogP contribution >= 0.6 is 0 Å². The van der Waals surface area contributed by atoms with Crippen LogP contribution in [0.3, 0.4) is 0 Å². The van der Waals surface area contributed by atoms with Gasteiger partial charge in [-0.3, -0.25) is 0 Å². The molecular formula is C5H7F3O3. The van der Waals surface area contributed by atoms with Crippen molar-refractivity contribution in [3.05, 3.63) is 0 Å². The molecule has 0 N–H and O–H groups in total. The van der Waals surface area contributed by atoms with Gasteiger partial charge in [0.15, 0.2) is 0 Å². The number of alkyl halides is 3. The van der Waals surface area contributed by atoms with E-state index in [1.54, 1.807) is 0 Å². The Morgan fingerprint density at radius 3 is 2.27 bits per heavy atom. The Kier molecular flexibility index (Phi) is 3.88. The van der Waals surface area contributed by atoms with Crippen molar-refractivity contribution < 1.29 is 27.4 Å². The zero-order valence-corrected chi connectivity index (χ0v) is 5.77. The average Bonchev–Trinajstić information content (AvgIpc) is 1.86. The molecule has 0 unspecified atom stereocenters. The number of halogens is 3. The van der Waals surface area contributed by atoms with Gasteiger partial charge in [-0.15, -0.1) is 0 Å². The standard InChI is InChI=1S/C5H7F3O3/c1-10-2-3-11-4(9)5(6,7)8/h2-3H2,1H3. The Morgan fingerprint density at radius 1 is 1.36 bits per heavy atom. The lowest BCUT2D eigenvalue weighted by Crippen LogP contribution is -2.26. The van der Waals surface area contributed by atoms with Crippen molar-refractivity contribution in [2.45, 2.75) is 6.18 Å². The highest BCUT2D eigenvalue weighted by atomic mass is 19.4. The van der Waals surface area contributed by atoms with Gasteiger partial charge >= 0.3 is 12.1 Å². The molecule has 6 heteroatoms. The van der Waals surface area contributed by atoms with Crippen LogP contribution in [0.25, 0.3) is 0 Å². The van der Waals surface area contributed by atoms with Gasteiger partial charge in [0.2, 0.25) is 0 Å². The first kappa shape index (κ1) is 10.2. The van der Waals surface area contributed by atoms with Crippen molar-refractivity contribution in [1.82, 2.24) is 0 Å². The fourth-order valence-corrected chi connectivity index (χ4v) is 0.300. The fourth-order valence-electron chi connectivity index (χ4n) is 0.300. The summed E-state index contributed by atoms with van der Waals surface area (Å²) in [6.45, 7) is -0.420. The Labute approximate surface area is 61.1 Å². The topological polar surface area (TPSA) is 35.5 Å². The summed E-state index contributed by atoms with van der Waals surface area (Å²) in [6, 6.07) is 0. The largest absolute Gasteiger partial charge is 0.490 e. The summed E-state index contributed by atoms with van der Waals surface area (Å²) in [5.74, 6) is -2.19. The molecule has 0 saturated carbocycles. The molecule has 0 aromatic rings. The number of carbonyl (C=O) groups is 1. The third-order valence-electron chi connectivity index (χ3n) is 0.752. The number of hydrogen-bond acceptors (Lipinski definition) is 3. The lowest BCUT2D eigenvalue weighted by Gasteiger charge is -2.05. The van der Waals surface area contributed by atoms with E-state index in [-0.39, 0.29) is 13.2 Å². The van der Waals surface area contributed by atoms with Gasteiger partial charge < -0.3 is 9.47 Å². The highest BCUT2D eigenvalue weighted by Gasteiger charge is 2.40. The number of hydrogen-bond donors (Lipinski definition) is 0. The molecule has 11 heavy (non-hydrogen) atoms. The van der Waals surface area contributed by atoms with Gasteiger partial charge in [0, 0.05) is 7.11 Å². The number of esters is 1. The van der Waals surface area contributed by atoms with Gasteiger partial charge in [-0.2, -0.15) is 13.2 Å². The lowest BCUT2D eigenvalue weighted by molar-refractivity contribution is -0.200. The summed E-state index contributed by atoms with van der Waals surface area (Å²) in [7, 11) is 1.29. The van der Waals surface area contributed by atoms with E-state index in [2.05, 4.69) is 9.47 Å². The molecule has 0 aromatic heterocycles. The molecule has 0 amide bonds. The predicted octanol–water partition coefficient (Wildman–Crippen LogP) is 0.738. The number of carbonyl (C=O) groups excluding carboxylic acids is 1. The van der Waals surface area contributed by atoms with Crippen LogP contribution in [0.1, 0.15) is 0 Å². The molecule has 0 fully saturated rings. The molecule has 0 heterocycles. The summed E-state index contributed by atoms with van der Waals surface area (Å²) >= 11 is 0. The van der Waals surface area contributed by atoms with Crippen molar-refractivity contribution in [2.75, 3.05) is 20.3 Å². The number of ether oxygens (including phenoxy) is 2. The molecule has 66 valence electrons. The zero-order valence-electron chi connectivity index (χ0n) is 5.77. The van der Waals surface area contributed by atoms with E-state index in [4.69, 9.17) is 0 Å². The molecule has 0 radical (unpaired) electrons. The first-order valence-corrected chi connectivity index (χ1v) is 2.71. The lowest BCUT2D eigenvalue weighted by atomic mass is 10.6. The summed E-state index contributed by atoms with van der Waals surface area (Å²) in [4.78, 5) is 9.94. The maximum absolute atomic E-state index is 11.4. The summed E-state index contributed by atoms with van der Waals surface area (Å²) in [5.41, 5.74) is 0. The SMILES string of the molecule is COCCOC(=O)C(F)(F)F. The van der Waals surface area contributed by atoms with Crippen LogP contribution in [0.4, 0.5) is 13.2 Å². The first-order chi connectivity index (χ1) is 4.98. The van der Waals surface area contributed by atoms with Crippen molar-refractivity contribution in [3.8, 4) is 0 Å². The Morgan fingerprint density at radius 2 is 1.91 bits per heavy atom. The van der Waals surface area contributed by atoms with Crippen molar-refractivity contribution in [1.29, 1.82) is 0 Å². The van der Waals surface area contributed by atoms with Gasteiger partial charge in [-0.1, -0.05) is 0 Å². The Hall–Kier alpha value is -0.780. The minimum absolute atomic E-state index is 0.0399. The second-order valence-electron chi connectivity index (χ2n) is 1.63. The molecule has 0 atom stereocenters. The van der Waals surface area contributed by atoms with Gasteiger partial charge in [-0.25, -0.2) is 4.79 Å². The normalized spacial score (nSPS) is 11.3. The molecular weight excluding hydrogens is 165 g/mol. The minimum Gasteiger partial charge on any atom is -0.457 e. The summed E-state index contributed by atoms with van der Waals surface area (Å²) in [6.07, 6.45) is -4.91. The third-order valence-corrected chi connectivity index (χ3v) is 0.752. The molecule has 0 aliphatic carbocycles. The molecule has 0 aromatic carbocycles. The number of methoxy groups -OCH3 is 1. The smallest absolute Gasteiger partial charge is 0.457 e. The minimum atomic E-state index is -4.91. The van der Waals surface area contributed by atoms with Crippen molar-refractivity contribution >= 4 is 5.97 Å². The average molecular weight is 172 g/mol. The summed E-state index contributed by atoms with van der Waals surface area (Å²) < 4.78 is 42.2. The van der Waals surface area contributed by atoms with Crippen LogP contribution in [-0.4, -0.2) is 32.5 Å². The molecule has 3 nitrogen and oxygen atoms in total. The van der Waals surface area contributed by atoms with Gasteiger partial charge in [0.05, 0.1) is 6.61 Å². The van der Waals surface area contributed by atoms with E-state index in [9.17, 15) is 18.0 Å². The van der Waals surface area contributed by atoms with E-state index in [1.165, 1.54) is 7.11 Å². The highest BCUT2D eigenvalue weighted by molar-refractivity contribution is 5.75. The second kappa shape index (κ2) is 4.17. The molecule has 0 saturated heterocycles. The van der Waals surface area contributed by atoms with E-state index < -0.39 is 12.1 Å². The van der Waals surface area contributed by atoms with Gasteiger partial charge in [0.25, 0.3) is 0 Å². The van der Waals surface area contributed by atoms with Crippen LogP contribution in [0.15, 0.2) is 0 Å². The molecule has 0 aliphatic heterocycles. The van der Waals surface area contributed by atoms with Crippen molar-refractivity contribution in [3.63, 3.8) is 0 Å². The first-order valence-electron chi connectivity index (χ1n) is 2.71. The Balaban J connectivity index is 3.54. The highest BCUT2D eigenvalue weighted by Crippen LogP contribution is 2.15. The zero-order chi connectivity index (χ0) is 8.91. The predicted molar refractivity (Wildman–Crippen MR) is 28.9 cm³/mol. The van der Waals surface area contributed by atoms with Crippen LogP contribution in [-0.2, 0) is 14.3 Å². The Bertz CT molecular complexity index is 131. The summed E-state index contributed by atoms with van der Waals surface area (Å²) in [5, 5.41) is 0. The quantitative estimate of drug-likeness (QED) is 0.465. The molecule has 0 aliphatic rings. The van der Waals surface area contributed by atoms with Gasteiger partial charge in [0.1, 0.15) is 6.61 Å². The molecule has 0 rings (SSSR count). The monoisotopic (exact) mass is 172 g/mol. The molecule has 0 bridgehead atoms. The van der Waals surface area contributed by atoms with Crippen molar-refractivity contribution in [2.24, 2.45) is 0 Å². The van der Waals surface area contributed by atoms with Crippen LogP contribution < -0.4 is 0 Å². The maximum Gasteiger partial charge on any atom is 0.490 e. The van der Waals surface area contributed by atoms with Crippen LogP contribution in [0.5, 0.6) is 0 Å². The third kappa shape index (κ3) is 4.60. The van der Waals surface area contributed by atoms with E-state index in [0.29, 0.717) is 0 Å². The molecule has 0 spiro atoms. The second-order valence-corrected chi connectivity index (χ2v) is 1.63. The maximum atomic E-state index is 11.4. The van der Waals surface area contributed by atoms with E-state index >= 15 is 0 Å². The van der Waals surface area contributed by atoms with Crippen LogP contribution in [0, 0.1) is 0 Å². The van der Waals surface area contributed by atoms with E-state index in [0.717, 1.165) is 0 Å². The van der Waals surface area contributed by atoms with E-state index in [1.807, 2.05) is 0 Å². The number of rotatable bonds is 3.